The van der Waals surface area contributed by atoms with Crippen molar-refractivity contribution in [3.05, 3.63) is 23.0 Å². The van der Waals surface area contributed by atoms with E-state index in [1.807, 2.05) is 0 Å². The van der Waals surface area contributed by atoms with Gasteiger partial charge in [0.05, 0.1) is 17.4 Å². The van der Waals surface area contributed by atoms with E-state index in [1.54, 1.807) is 0 Å². The number of carbonyl (C=O) groups excluding carboxylic acids is 1. The van der Waals surface area contributed by atoms with E-state index in [2.05, 4.69) is 4.98 Å². The molecule has 1 aliphatic heterocycles. The van der Waals surface area contributed by atoms with Gasteiger partial charge in [0, 0.05) is 13.0 Å². The molecule has 2 rings (SSSR count). The first kappa shape index (κ1) is 14.7. The van der Waals surface area contributed by atoms with Crippen molar-refractivity contribution in [2.24, 2.45) is 0 Å². The van der Waals surface area contributed by atoms with Gasteiger partial charge >= 0.3 is 16.2 Å². The minimum Gasteiger partial charge on any atom is -0.478 e. The molecule has 0 spiro atoms. The fourth-order valence-electron chi connectivity index (χ4n) is 1.91. The smallest absolute Gasteiger partial charge is 0.337 e. The van der Waals surface area contributed by atoms with Crippen molar-refractivity contribution in [3.63, 3.8) is 0 Å². The van der Waals surface area contributed by atoms with Crippen LogP contribution < -0.4 is 4.90 Å². The zero-order valence-corrected chi connectivity index (χ0v) is 11.4. The Balaban J connectivity index is 2.43. The maximum absolute atomic E-state index is 12.9. The molecule has 2 heterocycles. The summed E-state index contributed by atoms with van der Waals surface area (Å²) in [5, 5.41) is 7.45. The molecule has 7 nitrogen and oxygen atoms in total. The highest BCUT2D eigenvalue weighted by molar-refractivity contribution is 7.87. The zero-order valence-electron chi connectivity index (χ0n) is 9.79. The predicted octanol–water partition coefficient (Wildman–Crippen LogP) is 0.838. The van der Waals surface area contributed by atoms with E-state index in [1.165, 1.54) is 0 Å². The number of rotatable bonds is 3. The first-order valence-electron chi connectivity index (χ1n) is 5.33. The van der Waals surface area contributed by atoms with Crippen molar-refractivity contribution in [1.29, 1.82) is 0 Å². The van der Waals surface area contributed by atoms with Crippen LogP contribution in [0.5, 0.6) is 0 Å². The summed E-state index contributed by atoms with van der Waals surface area (Å²) in [5.41, 5.74) is -0.423. The molecule has 0 aliphatic carbocycles. The average molecular weight is 323 g/mol. The van der Waals surface area contributed by atoms with Crippen LogP contribution in [-0.2, 0) is 15.0 Å². The lowest BCUT2D eigenvalue weighted by atomic mass is 10.2. The van der Waals surface area contributed by atoms with E-state index in [9.17, 15) is 21.9 Å². The van der Waals surface area contributed by atoms with Crippen molar-refractivity contribution in [3.8, 4) is 0 Å². The van der Waals surface area contributed by atoms with E-state index in [-0.39, 0.29) is 16.4 Å². The molecular weight excluding hydrogens is 315 g/mol. The summed E-state index contributed by atoms with van der Waals surface area (Å²) in [5.74, 6) is -2.05. The molecule has 1 atom stereocenters. The molecule has 0 aromatic carbocycles. The van der Waals surface area contributed by atoms with E-state index in [4.69, 9.17) is 16.7 Å². The second kappa shape index (κ2) is 4.98. The Labute approximate surface area is 118 Å². The number of halogens is 2. The molecular formula is C10H8ClFN2O5S. The van der Waals surface area contributed by atoms with E-state index in [0.29, 0.717) is 0 Å². The fraction of sp³-hybridized carbons (Fsp3) is 0.300. The van der Waals surface area contributed by atoms with Crippen molar-refractivity contribution in [2.75, 3.05) is 11.4 Å². The summed E-state index contributed by atoms with van der Waals surface area (Å²) < 4.78 is 34.6. The SMILES string of the molecule is O=C(O)c1cc(Cl)ncc1N1CC(S(=O)(=O)F)CC1=O. The van der Waals surface area contributed by atoms with Crippen LogP contribution in [0.25, 0.3) is 0 Å². The minimum atomic E-state index is -4.87. The Hall–Kier alpha value is -1.74. The number of hydrogen-bond acceptors (Lipinski definition) is 5. The number of pyridine rings is 1. The summed E-state index contributed by atoms with van der Waals surface area (Å²) in [7, 11) is -4.87. The molecule has 0 bridgehead atoms. The number of aromatic nitrogens is 1. The van der Waals surface area contributed by atoms with Crippen LogP contribution in [0.4, 0.5) is 9.57 Å². The van der Waals surface area contributed by atoms with E-state index >= 15 is 0 Å². The van der Waals surface area contributed by atoms with Gasteiger partial charge in [-0.25, -0.2) is 9.78 Å². The normalized spacial score (nSPS) is 19.4. The lowest BCUT2D eigenvalue weighted by molar-refractivity contribution is -0.117. The van der Waals surface area contributed by atoms with Gasteiger partial charge in [0.25, 0.3) is 0 Å². The van der Waals surface area contributed by atoms with Crippen LogP contribution in [-0.4, -0.2) is 42.2 Å². The molecule has 1 fully saturated rings. The third kappa shape index (κ3) is 2.73. The van der Waals surface area contributed by atoms with E-state index < -0.39 is 40.3 Å². The number of amides is 1. The predicted molar refractivity (Wildman–Crippen MR) is 67.0 cm³/mol. The second-order valence-electron chi connectivity index (χ2n) is 4.14. The van der Waals surface area contributed by atoms with Crippen molar-refractivity contribution in [1.82, 2.24) is 4.98 Å². The Morgan fingerprint density at radius 1 is 1.55 bits per heavy atom. The third-order valence-corrected chi connectivity index (χ3v) is 4.18. The maximum atomic E-state index is 12.9. The van der Waals surface area contributed by atoms with Crippen LogP contribution >= 0.6 is 11.6 Å². The first-order chi connectivity index (χ1) is 9.20. The summed E-state index contributed by atoms with van der Waals surface area (Å²) in [6, 6.07) is 1.03. The summed E-state index contributed by atoms with van der Waals surface area (Å²) in [4.78, 5) is 27.4. The molecule has 1 saturated heterocycles. The molecule has 1 aromatic heterocycles. The quantitative estimate of drug-likeness (QED) is 0.653. The summed E-state index contributed by atoms with van der Waals surface area (Å²) in [6.45, 7) is -0.457. The van der Waals surface area contributed by atoms with Gasteiger partial charge in [0.15, 0.2) is 0 Å². The summed E-state index contributed by atoms with van der Waals surface area (Å²) >= 11 is 5.57. The molecule has 1 aliphatic rings. The molecule has 0 radical (unpaired) electrons. The standard InChI is InChI=1S/C10H8ClFN2O5S/c11-8-2-6(10(16)17)7(3-13-8)14-4-5(1-9(14)15)20(12,18)19/h2-3,5H,1,4H2,(H,16,17). The summed E-state index contributed by atoms with van der Waals surface area (Å²) in [6.07, 6.45) is 0.497. The van der Waals surface area contributed by atoms with Crippen LogP contribution in [0.15, 0.2) is 12.3 Å². The van der Waals surface area contributed by atoms with Gasteiger partial charge in [-0.05, 0) is 6.07 Å². The Kier molecular flexibility index (Phi) is 3.65. The van der Waals surface area contributed by atoms with Crippen LogP contribution in [0.2, 0.25) is 5.15 Å². The Morgan fingerprint density at radius 3 is 2.70 bits per heavy atom. The molecule has 10 heteroatoms. The van der Waals surface area contributed by atoms with Gasteiger partial charge in [-0.2, -0.15) is 8.42 Å². The van der Waals surface area contributed by atoms with Crippen LogP contribution in [0, 0.1) is 0 Å². The van der Waals surface area contributed by atoms with Crippen molar-refractivity contribution in [2.45, 2.75) is 11.7 Å². The number of aromatic carboxylic acids is 1. The minimum absolute atomic E-state index is 0.0903. The van der Waals surface area contributed by atoms with Gasteiger partial charge in [-0.1, -0.05) is 11.6 Å². The molecule has 1 amide bonds. The zero-order chi connectivity index (χ0) is 15.1. The molecule has 20 heavy (non-hydrogen) atoms. The number of carboxylic acid groups (broad SMARTS) is 1. The number of carboxylic acids is 1. The van der Waals surface area contributed by atoms with E-state index in [0.717, 1.165) is 17.2 Å². The molecule has 1 unspecified atom stereocenters. The largest absolute Gasteiger partial charge is 0.478 e. The molecule has 0 saturated carbocycles. The highest BCUT2D eigenvalue weighted by Crippen LogP contribution is 2.29. The highest BCUT2D eigenvalue weighted by atomic mass is 35.5. The number of anilines is 1. The molecule has 108 valence electrons. The fourth-order valence-corrected chi connectivity index (χ4v) is 2.73. The Bertz CT molecular complexity index is 693. The van der Waals surface area contributed by atoms with Crippen molar-refractivity contribution >= 4 is 39.4 Å². The lowest BCUT2D eigenvalue weighted by Gasteiger charge is -2.17. The molecule has 1 aromatic rings. The van der Waals surface area contributed by atoms with Gasteiger partial charge < -0.3 is 10.0 Å². The van der Waals surface area contributed by atoms with Crippen molar-refractivity contribution < 1.29 is 27.0 Å². The third-order valence-electron chi connectivity index (χ3n) is 2.86. The molecule has 1 N–H and O–H groups in total. The van der Waals surface area contributed by atoms with Gasteiger partial charge in [0.2, 0.25) is 5.91 Å². The average Bonchev–Trinajstić information content (AvgIpc) is 2.71. The first-order valence-corrected chi connectivity index (χ1v) is 7.15. The van der Waals surface area contributed by atoms with Crippen LogP contribution in [0.3, 0.4) is 0 Å². The number of hydrogen-bond donors (Lipinski definition) is 1. The number of nitrogens with zero attached hydrogens (tertiary/aromatic N) is 2. The van der Waals surface area contributed by atoms with Gasteiger partial charge in [-0.3, -0.25) is 4.79 Å². The maximum Gasteiger partial charge on any atom is 0.337 e. The van der Waals surface area contributed by atoms with Crippen LogP contribution in [0.1, 0.15) is 16.8 Å². The number of carbonyl (C=O) groups is 2. The highest BCUT2D eigenvalue weighted by Gasteiger charge is 2.40. The van der Waals surface area contributed by atoms with Gasteiger partial charge in [-0.15, -0.1) is 3.89 Å². The second-order valence-corrected chi connectivity index (χ2v) is 6.14. The lowest BCUT2D eigenvalue weighted by Crippen LogP contribution is -2.28. The topological polar surface area (TPSA) is 105 Å². The van der Waals surface area contributed by atoms with Gasteiger partial charge in [0.1, 0.15) is 10.4 Å². The Morgan fingerprint density at radius 2 is 2.20 bits per heavy atom. The monoisotopic (exact) mass is 322 g/mol.